The fourth-order valence-corrected chi connectivity index (χ4v) is 1.74. The number of halogens is 4. The molecule has 2 N–H and O–H groups in total. The van der Waals surface area contributed by atoms with Crippen molar-refractivity contribution >= 4 is 29.9 Å². The molecule has 0 saturated heterocycles. The first-order valence-electron chi connectivity index (χ1n) is 7.16. The van der Waals surface area contributed by atoms with Crippen LogP contribution < -0.4 is 15.4 Å². The first-order valence-corrected chi connectivity index (χ1v) is 7.16. The Hall–Kier alpha value is -1.23. The summed E-state index contributed by atoms with van der Waals surface area (Å²) < 4.78 is 46.8. The Bertz CT molecular complexity index is 499. The zero-order chi connectivity index (χ0) is 17.1. The Kier molecular flexibility index (Phi) is 11.6. The van der Waals surface area contributed by atoms with Crippen LogP contribution in [-0.2, 0) is 11.3 Å². The number of nitrogens with zero attached hydrogens (tertiary/aromatic N) is 1. The molecule has 0 unspecified atom stereocenters. The fourth-order valence-electron chi connectivity index (χ4n) is 1.74. The molecule has 0 amide bonds. The Labute approximate surface area is 157 Å². The van der Waals surface area contributed by atoms with Crippen molar-refractivity contribution in [2.24, 2.45) is 4.99 Å². The van der Waals surface area contributed by atoms with E-state index in [1.54, 1.807) is 7.11 Å². The summed E-state index contributed by atoms with van der Waals surface area (Å²) in [5.74, 6) is 1.08. The molecule has 0 spiro atoms. The van der Waals surface area contributed by atoms with Crippen LogP contribution in [0.5, 0.6) is 5.75 Å². The minimum atomic E-state index is -4.17. The van der Waals surface area contributed by atoms with Gasteiger partial charge in [-0.15, -0.1) is 24.0 Å². The molecule has 138 valence electrons. The van der Waals surface area contributed by atoms with Crippen LogP contribution in [0, 0.1) is 0 Å². The largest absolute Gasteiger partial charge is 0.497 e. The van der Waals surface area contributed by atoms with Gasteiger partial charge in [-0.3, -0.25) is 4.99 Å². The zero-order valence-electron chi connectivity index (χ0n) is 13.7. The highest BCUT2D eigenvalue weighted by Crippen LogP contribution is 2.18. The smallest absolute Gasteiger partial charge is 0.390 e. The van der Waals surface area contributed by atoms with Gasteiger partial charge in [0, 0.05) is 20.1 Å². The summed E-state index contributed by atoms with van der Waals surface area (Å²) in [5.41, 5.74) is 0.983. The predicted octanol–water partition coefficient (Wildman–Crippen LogP) is 2.95. The van der Waals surface area contributed by atoms with Crippen LogP contribution in [0.1, 0.15) is 12.0 Å². The van der Waals surface area contributed by atoms with Crippen molar-refractivity contribution in [3.63, 3.8) is 0 Å². The van der Waals surface area contributed by atoms with E-state index >= 15 is 0 Å². The summed E-state index contributed by atoms with van der Waals surface area (Å²) in [5, 5.41) is 5.48. The summed E-state index contributed by atoms with van der Waals surface area (Å²) in [6, 6.07) is 7.53. The standard InChI is InChI=1S/C15H22F3N3O2.HI/c1-19-14(20-7-6-15(16,17)18)21-8-9-23-11-12-4-3-5-13(10-12)22-2;/h3-5,10H,6-9,11H2,1-2H3,(H2,19,20,21);1H. The Morgan fingerprint density at radius 3 is 2.54 bits per heavy atom. The first-order chi connectivity index (χ1) is 10.9. The fraction of sp³-hybridized carbons (Fsp3) is 0.533. The van der Waals surface area contributed by atoms with Gasteiger partial charge in [0.2, 0.25) is 0 Å². The molecule has 5 nitrogen and oxygen atoms in total. The van der Waals surface area contributed by atoms with Crippen LogP contribution in [0.2, 0.25) is 0 Å². The molecular formula is C15H23F3IN3O2. The molecule has 0 bridgehead atoms. The zero-order valence-corrected chi connectivity index (χ0v) is 16.0. The predicted molar refractivity (Wildman–Crippen MR) is 98.1 cm³/mol. The number of ether oxygens (including phenoxy) is 2. The van der Waals surface area contributed by atoms with Crippen LogP contribution in [-0.4, -0.2) is 46.0 Å². The molecule has 0 aliphatic heterocycles. The van der Waals surface area contributed by atoms with E-state index < -0.39 is 12.6 Å². The van der Waals surface area contributed by atoms with E-state index in [4.69, 9.17) is 9.47 Å². The van der Waals surface area contributed by atoms with Crippen molar-refractivity contribution in [1.29, 1.82) is 0 Å². The quantitative estimate of drug-likeness (QED) is 0.271. The van der Waals surface area contributed by atoms with Gasteiger partial charge in [0.05, 0.1) is 26.7 Å². The van der Waals surface area contributed by atoms with Gasteiger partial charge in [0.1, 0.15) is 5.75 Å². The average Bonchev–Trinajstić information content (AvgIpc) is 2.52. The molecule has 0 heterocycles. The second kappa shape index (κ2) is 12.2. The van der Waals surface area contributed by atoms with E-state index in [2.05, 4.69) is 15.6 Å². The third-order valence-corrected chi connectivity index (χ3v) is 2.87. The molecule has 0 aromatic heterocycles. The molecule has 0 atom stereocenters. The number of benzene rings is 1. The van der Waals surface area contributed by atoms with Crippen molar-refractivity contribution in [3.8, 4) is 5.75 Å². The molecule has 0 radical (unpaired) electrons. The Morgan fingerprint density at radius 1 is 1.21 bits per heavy atom. The minimum absolute atomic E-state index is 0. The van der Waals surface area contributed by atoms with Gasteiger partial charge in [0.25, 0.3) is 0 Å². The van der Waals surface area contributed by atoms with E-state index in [0.29, 0.717) is 25.7 Å². The van der Waals surface area contributed by atoms with Gasteiger partial charge in [-0.25, -0.2) is 0 Å². The SMILES string of the molecule is CN=C(NCCOCc1cccc(OC)c1)NCCC(F)(F)F.I. The van der Waals surface area contributed by atoms with Gasteiger partial charge < -0.3 is 20.1 Å². The lowest BCUT2D eigenvalue weighted by Gasteiger charge is -2.13. The molecule has 0 aliphatic carbocycles. The summed E-state index contributed by atoms with van der Waals surface area (Å²) in [6.45, 7) is 1.06. The summed E-state index contributed by atoms with van der Waals surface area (Å²) in [4.78, 5) is 3.84. The maximum atomic E-state index is 12.0. The van der Waals surface area contributed by atoms with E-state index in [9.17, 15) is 13.2 Å². The maximum Gasteiger partial charge on any atom is 0.390 e. The first kappa shape index (κ1) is 22.8. The number of aliphatic imine (C=N–C) groups is 1. The number of alkyl halides is 3. The molecule has 0 fully saturated rings. The second-order valence-corrected chi connectivity index (χ2v) is 4.70. The van der Waals surface area contributed by atoms with Crippen LogP contribution in [0.15, 0.2) is 29.3 Å². The Morgan fingerprint density at radius 2 is 1.92 bits per heavy atom. The van der Waals surface area contributed by atoms with E-state index in [1.165, 1.54) is 7.05 Å². The number of hydrogen-bond donors (Lipinski definition) is 2. The van der Waals surface area contributed by atoms with Crippen LogP contribution in [0.4, 0.5) is 13.2 Å². The highest BCUT2D eigenvalue weighted by atomic mass is 127. The number of methoxy groups -OCH3 is 1. The molecule has 9 heteroatoms. The van der Waals surface area contributed by atoms with Gasteiger partial charge in [0.15, 0.2) is 5.96 Å². The third-order valence-electron chi connectivity index (χ3n) is 2.87. The van der Waals surface area contributed by atoms with Gasteiger partial charge >= 0.3 is 6.18 Å². The van der Waals surface area contributed by atoms with Crippen molar-refractivity contribution < 1.29 is 22.6 Å². The highest BCUT2D eigenvalue weighted by Gasteiger charge is 2.26. The van der Waals surface area contributed by atoms with Gasteiger partial charge in [-0.2, -0.15) is 13.2 Å². The summed E-state index contributed by atoms with van der Waals surface area (Å²) in [7, 11) is 3.10. The van der Waals surface area contributed by atoms with E-state index in [1.807, 2.05) is 24.3 Å². The van der Waals surface area contributed by atoms with Crippen LogP contribution in [0.3, 0.4) is 0 Å². The topological polar surface area (TPSA) is 54.9 Å². The average molecular weight is 461 g/mol. The molecule has 0 aliphatic rings. The summed E-state index contributed by atoms with van der Waals surface area (Å²) in [6.07, 6.45) is -5.08. The van der Waals surface area contributed by atoms with E-state index in [-0.39, 0.29) is 30.5 Å². The minimum Gasteiger partial charge on any atom is -0.497 e. The Balaban J connectivity index is 0.00000529. The molecule has 24 heavy (non-hydrogen) atoms. The molecular weight excluding hydrogens is 438 g/mol. The van der Waals surface area contributed by atoms with Crippen molar-refractivity contribution in [3.05, 3.63) is 29.8 Å². The number of nitrogens with one attached hydrogen (secondary N) is 2. The maximum absolute atomic E-state index is 12.0. The second-order valence-electron chi connectivity index (χ2n) is 4.70. The van der Waals surface area contributed by atoms with Crippen LogP contribution in [0.25, 0.3) is 0 Å². The monoisotopic (exact) mass is 461 g/mol. The molecule has 1 aromatic carbocycles. The normalized spacial score (nSPS) is 11.6. The van der Waals surface area contributed by atoms with Crippen molar-refractivity contribution in [2.45, 2.75) is 19.2 Å². The lowest BCUT2D eigenvalue weighted by molar-refractivity contribution is -0.132. The number of guanidine groups is 1. The highest BCUT2D eigenvalue weighted by molar-refractivity contribution is 14.0. The third kappa shape index (κ3) is 10.5. The van der Waals surface area contributed by atoms with Crippen molar-refractivity contribution in [1.82, 2.24) is 10.6 Å². The summed E-state index contributed by atoms with van der Waals surface area (Å²) >= 11 is 0. The van der Waals surface area contributed by atoms with Crippen molar-refractivity contribution in [2.75, 3.05) is 33.9 Å². The van der Waals surface area contributed by atoms with Gasteiger partial charge in [-0.05, 0) is 17.7 Å². The molecule has 1 rings (SSSR count). The number of rotatable bonds is 8. The lowest BCUT2D eigenvalue weighted by Crippen LogP contribution is -2.40. The number of hydrogen-bond acceptors (Lipinski definition) is 3. The van der Waals surface area contributed by atoms with Crippen LogP contribution >= 0.6 is 24.0 Å². The lowest BCUT2D eigenvalue weighted by atomic mass is 10.2. The van der Waals surface area contributed by atoms with Gasteiger partial charge in [-0.1, -0.05) is 12.1 Å². The molecule has 1 aromatic rings. The molecule has 0 saturated carbocycles. The van der Waals surface area contributed by atoms with E-state index in [0.717, 1.165) is 11.3 Å².